The van der Waals surface area contributed by atoms with E-state index in [2.05, 4.69) is 6.58 Å². The van der Waals surface area contributed by atoms with E-state index in [0.717, 1.165) is 0 Å². The lowest BCUT2D eigenvalue weighted by Gasteiger charge is -2.18. The van der Waals surface area contributed by atoms with Crippen molar-refractivity contribution in [1.29, 1.82) is 0 Å². The van der Waals surface area contributed by atoms with Crippen LogP contribution in [0.15, 0.2) is 42.6 Å². The lowest BCUT2D eigenvalue weighted by atomic mass is 10.1. The van der Waals surface area contributed by atoms with Crippen LogP contribution in [0, 0.1) is 5.82 Å². The van der Waals surface area contributed by atoms with E-state index in [9.17, 15) is 9.18 Å². The Morgan fingerprint density at radius 2 is 2.05 bits per heavy atom. The van der Waals surface area contributed by atoms with Crippen LogP contribution in [0.4, 0.5) is 4.39 Å². The summed E-state index contributed by atoms with van der Waals surface area (Å²) in [7, 11) is 1.72. The maximum absolute atomic E-state index is 12.8. The van der Waals surface area contributed by atoms with Crippen molar-refractivity contribution < 1.29 is 13.9 Å². The van der Waals surface area contributed by atoms with Gasteiger partial charge in [-0.25, -0.2) is 4.39 Å². The zero-order valence-corrected chi connectivity index (χ0v) is 11.7. The Bertz CT molecular complexity index is 509. The molecule has 0 amide bonds. The van der Waals surface area contributed by atoms with Crippen molar-refractivity contribution in [2.24, 2.45) is 5.73 Å². The number of hydrogen-bond donors (Lipinski definition) is 1. The molecule has 0 aliphatic carbocycles. The van der Waals surface area contributed by atoms with Gasteiger partial charge in [-0.2, -0.15) is 0 Å². The summed E-state index contributed by atoms with van der Waals surface area (Å²) in [4.78, 5) is 13.0. The molecule has 0 aromatic heterocycles. The first-order valence-electron chi connectivity index (χ1n) is 6.22. The van der Waals surface area contributed by atoms with Crippen molar-refractivity contribution in [1.82, 2.24) is 4.90 Å². The highest BCUT2D eigenvalue weighted by molar-refractivity contribution is 5.72. The van der Waals surface area contributed by atoms with Crippen LogP contribution in [0.1, 0.15) is 12.5 Å². The Kier molecular flexibility index (Phi) is 5.77. The molecule has 0 radical (unpaired) electrons. The first kappa shape index (κ1) is 15.8. The molecule has 0 bridgehead atoms. The second-order valence-electron chi connectivity index (χ2n) is 4.26. The molecule has 1 aromatic rings. The van der Waals surface area contributed by atoms with Gasteiger partial charge in [0, 0.05) is 18.4 Å². The molecule has 0 atom stereocenters. The van der Waals surface area contributed by atoms with Crippen LogP contribution < -0.4 is 5.73 Å². The maximum atomic E-state index is 12.8. The third-order valence-corrected chi connectivity index (χ3v) is 2.66. The van der Waals surface area contributed by atoms with E-state index in [4.69, 9.17) is 10.5 Å². The van der Waals surface area contributed by atoms with E-state index in [1.165, 1.54) is 12.1 Å². The Hall–Kier alpha value is -2.30. The van der Waals surface area contributed by atoms with Crippen molar-refractivity contribution in [3.8, 4) is 0 Å². The quantitative estimate of drug-likeness (QED) is 0.640. The van der Waals surface area contributed by atoms with Gasteiger partial charge in [0.05, 0.1) is 6.61 Å². The number of likely N-dealkylation sites (N-methyl/N-ethyl adjacent to an activating group) is 1. The lowest BCUT2D eigenvalue weighted by Crippen LogP contribution is -2.26. The summed E-state index contributed by atoms with van der Waals surface area (Å²) >= 11 is 0. The number of hydrogen-bond acceptors (Lipinski definition) is 4. The normalized spacial score (nSPS) is 11.1. The summed E-state index contributed by atoms with van der Waals surface area (Å²) in [5.74, 6) is -0.648. The van der Waals surface area contributed by atoms with Crippen molar-refractivity contribution in [2.45, 2.75) is 6.92 Å². The van der Waals surface area contributed by atoms with E-state index in [0.29, 0.717) is 23.6 Å². The van der Waals surface area contributed by atoms with Gasteiger partial charge >= 0.3 is 5.97 Å². The monoisotopic (exact) mass is 278 g/mol. The number of esters is 1. The van der Waals surface area contributed by atoms with Gasteiger partial charge < -0.3 is 15.4 Å². The van der Waals surface area contributed by atoms with Gasteiger partial charge in [0.15, 0.2) is 0 Å². The molecular formula is C15H19FN2O2. The number of allylic oxidation sites excluding steroid dienone is 1. The summed E-state index contributed by atoms with van der Waals surface area (Å²) < 4.78 is 17.7. The third-order valence-electron chi connectivity index (χ3n) is 2.66. The Morgan fingerprint density at radius 1 is 1.45 bits per heavy atom. The molecule has 0 saturated carbocycles. The van der Waals surface area contributed by atoms with Gasteiger partial charge in [-0.15, -0.1) is 0 Å². The first-order chi connectivity index (χ1) is 9.43. The molecule has 5 heteroatoms. The molecule has 2 N–H and O–H groups in total. The van der Waals surface area contributed by atoms with Crippen LogP contribution in [-0.4, -0.2) is 31.1 Å². The van der Waals surface area contributed by atoms with Crippen LogP contribution >= 0.6 is 0 Å². The number of nitrogens with zero attached hydrogens (tertiary/aromatic N) is 1. The number of nitrogens with two attached hydrogens (primary N) is 1. The Balaban J connectivity index is 2.69. The number of ether oxygens (including phenoxy) is 1. The number of benzene rings is 1. The van der Waals surface area contributed by atoms with E-state index in [1.807, 2.05) is 0 Å². The van der Waals surface area contributed by atoms with Gasteiger partial charge in [-0.05, 0) is 30.7 Å². The minimum atomic E-state index is -0.329. The van der Waals surface area contributed by atoms with E-state index >= 15 is 0 Å². The van der Waals surface area contributed by atoms with Crippen LogP contribution in [0.25, 0.3) is 5.70 Å². The number of rotatable bonds is 6. The SMILES string of the molecule is C=C(/C=C(\N)c1ccc(F)cc1)N(C)CC(=O)OCC. The molecule has 0 aliphatic heterocycles. The summed E-state index contributed by atoms with van der Waals surface area (Å²) in [6, 6.07) is 5.84. The zero-order chi connectivity index (χ0) is 15.1. The third kappa shape index (κ3) is 4.76. The Morgan fingerprint density at radius 3 is 2.60 bits per heavy atom. The molecule has 0 aliphatic rings. The molecule has 0 heterocycles. The van der Waals surface area contributed by atoms with Crippen molar-refractivity contribution >= 4 is 11.7 Å². The second-order valence-corrected chi connectivity index (χ2v) is 4.26. The summed E-state index contributed by atoms with van der Waals surface area (Å²) in [5.41, 5.74) is 7.62. The maximum Gasteiger partial charge on any atom is 0.325 e. The van der Waals surface area contributed by atoms with Crippen LogP contribution in [-0.2, 0) is 9.53 Å². The fourth-order valence-corrected chi connectivity index (χ4v) is 1.52. The van der Waals surface area contributed by atoms with Crippen molar-refractivity contribution in [2.75, 3.05) is 20.2 Å². The molecule has 0 unspecified atom stereocenters. The number of carbonyl (C=O) groups excluding carboxylic acids is 1. The van der Waals surface area contributed by atoms with Crippen LogP contribution in [0.2, 0.25) is 0 Å². The average Bonchev–Trinajstić information content (AvgIpc) is 2.39. The smallest absolute Gasteiger partial charge is 0.325 e. The molecule has 0 spiro atoms. The van der Waals surface area contributed by atoms with Gasteiger partial charge in [0.25, 0.3) is 0 Å². The number of halogens is 1. The minimum Gasteiger partial charge on any atom is -0.465 e. The number of carbonyl (C=O) groups is 1. The summed E-state index contributed by atoms with van der Waals surface area (Å²) in [5, 5.41) is 0. The van der Waals surface area contributed by atoms with E-state index < -0.39 is 0 Å². The standard InChI is InChI=1S/C15H19FN2O2/c1-4-20-15(19)10-18(3)11(2)9-14(17)12-5-7-13(16)8-6-12/h5-9H,2,4,10,17H2,1,3H3/b14-9-. The molecule has 0 saturated heterocycles. The molecule has 1 aromatic carbocycles. The van der Waals surface area contributed by atoms with Gasteiger partial charge in [-0.1, -0.05) is 18.7 Å². The first-order valence-corrected chi connectivity index (χ1v) is 6.22. The largest absolute Gasteiger partial charge is 0.465 e. The topological polar surface area (TPSA) is 55.6 Å². The van der Waals surface area contributed by atoms with Crippen molar-refractivity contribution in [3.05, 3.63) is 54.0 Å². The zero-order valence-electron chi connectivity index (χ0n) is 11.7. The Labute approximate surface area is 118 Å². The summed E-state index contributed by atoms with van der Waals surface area (Å²) in [6.07, 6.45) is 1.63. The minimum absolute atomic E-state index is 0.0971. The fourth-order valence-electron chi connectivity index (χ4n) is 1.52. The van der Waals surface area contributed by atoms with E-state index in [-0.39, 0.29) is 18.3 Å². The summed E-state index contributed by atoms with van der Waals surface area (Å²) in [6.45, 7) is 6.02. The highest BCUT2D eigenvalue weighted by atomic mass is 19.1. The van der Waals surface area contributed by atoms with Gasteiger partial charge in [-0.3, -0.25) is 4.79 Å². The predicted octanol–water partition coefficient (Wildman–Crippen LogP) is 2.13. The fraction of sp³-hybridized carbons (Fsp3) is 0.267. The highest BCUT2D eigenvalue weighted by Crippen LogP contribution is 2.13. The molecule has 108 valence electrons. The molecule has 0 fully saturated rings. The lowest BCUT2D eigenvalue weighted by molar-refractivity contribution is -0.143. The average molecular weight is 278 g/mol. The van der Waals surface area contributed by atoms with Crippen LogP contribution in [0.3, 0.4) is 0 Å². The van der Waals surface area contributed by atoms with E-state index in [1.54, 1.807) is 37.1 Å². The second kappa shape index (κ2) is 7.33. The van der Waals surface area contributed by atoms with Gasteiger partial charge in [0.1, 0.15) is 12.4 Å². The van der Waals surface area contributed by atoms with Crippen LogP contribution in [0.5, 0.6) is 0 Å². The van der Waals surface area contributed by atoms with Crippen molar-refractivity contribution in [3.63, 3.8) is 0 Å². The molecule has 20 heavy (non-hydrogen) atoms. The predicted molar refractivity (Wildman–Crippen MR) is 77.0 cm³/mol. The van der Waals surface area contributed by atoms with Gasteiger partial charge in [0.2, 0.25) is 0 Å². The molecular weight excluding hydrogens is 259 g/mol. The highest BCUT2D eigenvalue weighted by Gasteiger charge is 2.08. The molecule has 4 nitrogen and oxygen atoms in total. The molecule has 1 rings (SSSR count).